The fourth-order valence-electron chi connectivity index (χ4n) is 2.84. The van der Waals surface area contributed by atoms with Crippen LogP contribution in [0.5, 0.6) is 0 Å². The van der Waals surface area contributed by atoms with E-state index in [1.54, 1.807) is 11.4 Å². The highest BCUT2D eigenvalue weighted by molar-refractivity contribution is 7.12. The third-order valence-electron chi connectivity index (χ3n) is 3.87. The summed E-state index contributed by atoms with van der Waals surface area (Å²) in [7, 11) is 0. The molecule has 0 aromatic carbocycles. The summed E-state index contributed by atoms with van der Waals surface area (Å²) >= 11 is 1.36. The first-order chi connectivity index (χ1) is 8.65. The van der Waals surface area contributed by atoms with Crippen molar-refractivity contribution in [1.29, 1.82) is 0 Å². The second kappa shape index (κ2) is 5.61. The van der Waals surface area contributed by atoms with Gasteiger partial charge < -0.3 is 10.2 Å². The van der Waals surface area contributed by atoms with E-state index in [2.05, 4.69) is 5.32 Å². The summed E-state index contributed by atoms with van der Waals surface area (Å²) in [6.45, 7) is 5.28. The molecule has 1 aromatic heterocycles. The van der Waals surface area contributed by atoms with Gasteiger partial charge in [-0.1, -0.05) is 0 Å². The zero-order valence-corrected chi connectivity index (χ0v) is 12.4. The van der Waals surface area contributed by atoms with Crippen molar-refractivity contribution >= 4 is 35.4 Å². The highest BCUT2D eigenvalue weighted by atomic mass is 35.5. The maximum Gasteiger partial charge on any atom is 0.254 e. The number of thiophene rings is 1. The van der Waals surface area contributed by atoms with Crippen LogP contribution in [0.4, 0.5) is 0 Å². The van der Waals surface area contributed by atoms with Crippen LogP contribution in [-0.4, -0.2) is 42.8 Å². The van der Waals surface area contributed by atoms with E-state index in [4.69, 9.17) is 0 Å². The van der Waals surface area contributed by atoms with Gasteiger partial charge in [0.15, 0.2) is 5.78 Å². The number of halogens is 1. The summed E-state index contributed by atoms with van der Waals surface area (Å²) in [5, 5.41) is 5.16. The Kier molecular flexibility index (Phi) is 4.28. The SMILES string of the molecule is CC(=O)c1cc(C(=O)N2C[C@H]3CNC[C@H]3C2)cs1.Cl. The quantitative estimate of drug-likeness (QED) is 0.845. The first kappa shape index (κ1) is 14.5. The molecule has 104 valence electrons. The molecule has 1 N–H and O–H groups in total. The van der Waals surface area contributed by atoms with Crippen LogP contribution in [0.3, 0.4) is 0 Å². The van der Waals surface area contributed by atoms with Gasteiger partial charge in [-0.3, -0.25) is 9.59 Å². The lowest BCUT2D eigenvalue weighted by Gasteiger charge is -2.16. The maximum atomic E-state index is 12.3. The fraction of sp³-hybridized carbons (Fsp3) is 0.538. The van der Waals surface area contributed by atoms with E-state index in [0.717, 1.165) is 26.2 Å². The Labute approximate surface area is 122 Å². The van der Waals surface area contributed by atoms with Crippen LogP contribution in [0.2, 0.25) is 0 Å². The molecule has 1 aromatic rings. The Bertz CT molecular complexity index is 491. The average molecular weight is 301 g/mol. The van der Waals surface area contributed by atoms with Crippen molar-refractivity contribution in [3.63, 3.8) is 0 Å². The number of ketones is 1. The summed E-state index contributed by atoms with van der Waals surface area (Å²) in [5.41, 5.74) is 0.665. The van der Waals surface area contributed by atoms with Gasteiger partial charge in [0.05, 0.1) is 10.4 Å². The van der Waals surface area contributed by atoms with E-state index in [9.17, 15) is 9.59 Å². The molecule has 4 nitrogen and oxygen atoms in total. The van der Waals surface area contributed by atoms with Crippen LogP contribution in [0.25, 0.3) is 0 Å². The van der Waals surface area contributed by atoms with Gasteiger partial charge in [0.25, 0.3) is 5.91 Å². The molecule has 2 atom stereocenters. The van der Waals surface area contributed by atoms with Crippen molar-refractivity contribution in [1.82, 2.24) is 10.2 Å². The van der Waals surface area contributed by atoms with Crippen LogP contribution in [-0.2, 0) is 0 Å². The average Bonchev–Trinajstić information content (AvgIpc) is 3.02. The van der Waals surface area contributed by atoms with Gasteiger partial charge in [0.2, 0.25) is 0 Å². The Morgan fingerprint density at radius 1 is 1.32 bits per heavy atom. The van der Waals surface area contributed by atoms with Gasteiger partial charge in [-0.25, -0.2) is 0 Å². The number of nitrogens with one attached hydrogen (secondary N) is 1. The molecule has 0 bridgehead atoms. The van der Waals surface area contributed by atoms with E-state index >= 15 is 0 Å². The van der Waals surface area contributed by atoms with Crippen molar-refractivity contribution in [3.8, 4) is 0 Å². The number of carbonyl (C=O) groups is 2. The molecular weight excluding hydrogens is 284 g/mol. The van der Waals surface area contributed by atoms with Crippen LogP contribution in [0, 0.1) is 11.8 Å². The number of Topliss-reactive ketones (excluding diaryl/α,β-unsaturated/α-hetero) is 1. The van der Waals surface area contributed by atoms with Crippen molar-refractivity contribution in [3.05, 3.63) is 21.9 Å². The van der Waals surface area contributed by atoms with E-state index in [-0.39, 0.29) is 24.1 Å². The largest absolute Gasteiger partial charge is 0.338 e. The fourth-order valence-corrected chi connectivity index (χ4v) is 3.62. The molecule has 2 saturated heterocycles. The Hall–Kier alpha value is -0.910. The monoisotopic (exact) mass is 300 g/mol. The molecule has 3 rings (SSSR count). The molecule has 0 aliphatic carbocycles. The van der Waals surface area contributed by atoms with E-state index in [0.29, 0.717) is 22.3 Å². The molecule has 0 saturated carbocycles. The Morgan fingerprint density at radius 2 is 1.95 bits per heavy atom. The van der Waals surface area contributed by atoms with Crippen molar-refractivity contribution in [2.45, 2.75) is 6.92 Å². The number of hydrogen-bond acceptors (Lipinski definition) is 4. The second-order valence-corrected chi connectivity index (χ2v) is 6.06. The molecule has 2 aliphatic heterocycles. The van der Waals surface area contributed by atoms with Gasteiger partial charge in [0.1, 0.15) is 0 Å². The van der Waals surface area contributed by atoms with E-state index in [1.807, 2.05) is 4.90 Å². The minimum absolute atomic E-state index is 0. The van der Waals surface area contributed by atoms with Gasteiger partial charge in [-0.2, -0.15) is 0 Å². The topological polar surface area (TPSA) is 49.4 Å². The number of carbonyl (C=O) groups excluding carboxylic acids is 2. The minimum Gasteiger partial charge on any atom is -0.338 e. The molecule has 0 spiro atoms. The lowest BCUT2D eigenvalue weighted by molar-refractivity contribution is 0.0782. The van der Waals surface area contributed by atoms with E-state index in [1.165, 1.54) is 18.3 Å². The highest BCUT2D eigenvalue weighted by Crippen LogP contribution is 2.28. The van der Waals surface area contributed by atoms with Gasteiger partial charge in [-0.15, -0.1) is 23.7 Å². The molecule has 1 amide bonds. The maximum absolute atomic E-state index is 12.3. The standard InChI is InChI=1S/C13H16N2O2S.ClH/c1-8(16)12-2-9(7-18-12)13(17)15-5-10-3-14-4-11(10)6-15;/h2,7,10-11,14H,3-6H2,1H3;1H/t10-,11+;. The molecule has 6 heteroatoms. The Balaban J connectivity index is 0.00000133. The number of amides is 1. The third-order valence-corrected chi connectivity index (χ3v) is 4.90. The molecule has 3 heterocycles. The number of fused-ring (bicyclic) bond motifs is 1. The molecule has 0 unspecified atom stereocenters. The van der Waals surface area contributed by atoms with Gasteiger partial charge >= 0.3 is 0 Å². The number of rotatable bonds is 2. The molecule has 2 aliphatic rings. The lowest BCUT2D eigenvalue weighted by Crippen LogP contribution is -2.31. The normalized spacial score (nSPS) is 25.0. The van der Waals surface area contributed by atoms with Gasteiger partial charge in [0, 0.05) is 31.6 Å². The number of hydrogen-bond donors (Lipinski definition) is 1. The van der Waals surface area contributed by atoms with Crippen LogP contribution >= 0.6 is 23.7 Å². The second-order valence-electron chi connectivity index (χ2n) is 5.14. The highest BCUT2D eigenvalue weighted by Gasteiger charge is 2.38. The van der Waals surface area contributed by atoms with Gasteiger partial charge in [-0.05, 0) is 24.8 Å². The lowest BCUT2D eigenvalue weighted by atomic mass is 10.0. The predicted molar refractivity (Wildman–Crippen MR) is 77.3 cm³/mol. The van der Waals surface area contributed by atoms with Crippen molar-refractivity contribution in [2.24, 2.45) is 11.8 Å². The van der Waals surface area contributed by atoms with Crippen LogP contribution < -0.4 is 5.32 Å². The summed E-state index contributed by atoms with van der Waals surface area (Å²) in [6, 6.07) is 1.72. The zero-order valence-electron chi connectivity index (χ0n) is 10.7. The van der Waals surface area contributed by atoms with Crippen molar-refractivity contribution in [2.75, 3.05) is 26.2 Å². The first-order valence-electron chi connectivity index (χ1n) is 6.24. The smallest absolute Gasteiger partial charge is 0.254 e. The molecular formula is C13H17ClN2O2S. The summed E-state index contributed by atoms with van der Waals surface area (Å²) < 4.78 is 0. The minimum atomic E-state index is 0. The van der Waals surface area contributed by atoms with Crippen LogP contribution in [0.15, 0.2) is 11.4 Å². The molecule has 19 heavy (non-hydrogen) atoms. The van der Waals surface area contributed by atoms with Crippen LogP contribution in [0.1, 0.15) is 27.0 Å². The Morgan fingerprint density at radius 3 is 2.47 bits per heavy atom. The number of likely N-dealkylation sites (tertiary alicyclic amines) is 1. The van der Waals surface area contributed by atoms with Crippen molar-refractivity contribution < 1.29 is 9.59 Å². The molecule has 0 radical (unpaired) electrons. The number of nitrogens with zero attached hydrogens (tertiary/aromatic N) is 1. The summed E-state index contributed by atoms with van der Waals surface area (Å²) in [5.74, 6) is 1.33. The molecule has 2 fully saturated rings. The summed E-state index contributed by atoms with van der Waals surface area (Å²) in [4.78, 5) is 26.2. The van der Waals surface area contributed by atoms with E-state index < -0.39 is 0 Å². The zero-order chi connectivity index (χ0) is 12.7. The summed E-state index contributed by atoms with van der Waals surface area (Å²) in [6.07, 6.45) is 0. The third kappa shape index (κ3) is 2.68. The predicted octanol–water partition coefficient (Wildman–Crippen LogP) is 1.66. The first-order valence-corrected chi connectivity index (χ1v) is 7.12.